The Morgan fingerprint density at radius 3 is 2.77 bits per heavy atom. The molecule has 0 bridgehead atoms. The SMILES string of the molecule is [2H]c1ccc(-c2cc([2H])ccc2C)nc1. The van der Waals surface area contributed by atoms with E-state index in [0.717, 1.165) is 16.8 Å². The van der Waals surface area contributed by atoms with E-state index < -0.39 is 0 Å². The normalized spacial score (nSPS) is 12.1. The van der Waals surface area contributed by atoms with Crippen molar-refractivity contribution >= 4 is 0 Å². The monoisotopic (exact) mass is 171 g/mol. The first-order chi connectivity index (χ1) is 7.16. The van der Waals surface area contributed by atoms with E-state index in [-0.39, 0.29) is 0 Å². The van der Waals surface area contributed by atoms with Crippen LogP contribution in [0.15, 0.2) is 48.6 Å². The molecule has 0 amide bonds. The average Bonchev–Trinajstić information content (AvgIpc) is 2.23. The minimum Gasteiger partial charge on any atom is -0.256 e. The summed E-state index contributed by atoms with van der Waals surface area (Å²) in [5, 5.41) is 0. The maximum atomic E-state index is 7.56. The van der Waals surface area contributed by atoms with Crippen LogP contribution in [0.1, 0.15) is 8.30 Å². The number of pyridine rings is 1. The molecule has 2 aromatic rings. The number of nitrogens with zero attached hydrogens (tertiary/aromatic N) is 1. The third kappa shape index (κ3) is 1.59. The summed E-state index contributed by atoms with van der Waals surface area (Å²) in [5.74, 6) is 0. The van der Waals surface area contributed by atoms with Gasteiger partial charge in [-0.1, -0.05) is 30.3 Å². The van der Waals surface area contributed by atoms with Crippen molar-refractivity contribution in [1.82, 2.24) is 4.98 Å². The number of benzene rings is 1. The van der Waals surface area contributed by atoms with Crippen LogP contribution >= 0.6 is 0 Å². The van der Waals surface area contributed by atoms with Gasteiger partial charge >= 0.3 is 0 Å². The van der Waals surface area contributed by atoms with E-state index in [4.69, 9.17) is 2.74 Å². The second-order valence-electron chi connectivity index (χ2n) is 2.88. The minimum atomic E-state index is 0.401. The summed E-state index contributed by atoms with van der Waals surface area (Å²) in [6, 6.07) is 9.86. The van der Waals surface area contributed by atoms with Gasteiger partial charge in [-0.3, -0.25) is 4.98 Å². The van der Waals surface area contributed by atoms with Crippen LogP contribution in [-0.2, 0) is 0 Å². The highest BCUT2D eigenvalue weighted by atomic mass is 14.7. The van der Waals surface area contributed by atoms with Gasteiger partial charge < -0.3 is 0 Å². The van der Waals surface area contributed by atoms with Gasteiger partial charge in [0.15, 0.2) is 0 Å². The summed E-state index contributed by atoms with van der Waals surface area (Å²) in [6.45, 7) is 1.99. The molecule has 0 unspecified atom stereocenters. The molecular formula is C12H11N. The molecule has 0 spiro atoms. The maximum absolute atomic E-state index is 7.56. The minimum absolute atomic E-state index is 0.401. The zero-order valence-corrected chi connectivity index (χ0v) is 7.41. The van der Waals surface area contributed by atoms with Crippen LogP contribution in [0.2, 0.25) is 0 Å². The second kappa shape index (κ2) is 3.40. The smallest absolute Gasteiger partial charge is 0.0704 e. The van der Waals surface area contributed by atoms with E-state index in [9.17, 15) is 0 Å². The van der Waals surface area contributed by atoms with E-state index in [1.54, 1.807) is 18.2 Å². The van der Waals surface area contributed by atoms with Crippen LogP contribution in [0.3, 0.4) is 0 Å². The molecule has 64 valence electrons. The molecule has 1 aromatic carbocycles. The molecular weight excluding hydrogens is 158 g/mol. The summed E-state index contributed by atoms with van der Waals surface area (Å²) in [5.41, 5.74) is 2.87. The third-order valence-corrected chi connectivity index (χ3v) is 1.97. The van der Waals surface area contributed by atoms with Gasteiger partial charge in [0.2, 0.25) is 0 Å². The van der Waals surface area contributed by atoms with Gasteiger partial charge in [0, 0.05) is 11.8 Å². The average molecular weight is 171 g/mol. The standard InChI is InChI=1S/C12H11N/c1-10-6-2-3-7-11(10)12-8-4-5-9-13-12/h2-9H,1H3/i3D,5D. The highest BCUT2D eigenvalue weighted by Crippen LogP contribution is 2.19. The van der Waals surface area contributed by atoms with Crippen molar-refractivity contribution in [3.05, 3.63) is 54.2 Å². The van der Waals surface area contributed by atoms with Crippen molar-refractivity contribution in [3.8, 4) is 11.3 Å². The van der Waals surface area contributed by atoms with E-state index in [0.29, 0.717) is 12.1 Å². The Labute approximate surface area is 80.9 Å². The number of rotatable bonds is 1. The molecule has 13 heavy (non-hydrogen) atoms. The van der Waals surface area contributed by atoms with Gasteiger partial charge in [0.25, 0.3) is 0 Å². The Balaban J connectivity index is 2.53. The summed E-state index contributed by atoms with van der Waals surface area (Å²) < 4.78 is 14.9. The molecule has 0 saturated carbocycles. The Hall–Kier alpha value is -1.63. The number of hydrogen-bond donors (Lipinski definition) is 0. The molecule has 2 rings (SSSR count). The fourth-order valence-electron chi connectivity index (χ4n) is 1.26. The van der Waals surface area contributed by atoms with Crippen LogP contribution in [0.5, 0.6) is 0 Å². The number of aryl methyl sites for hydroxylation is 1. The molecule has 0 atom stereocenters. The fraction of sp³-hybridized carbons (Fsp3) is 0.0833. The molecule has 0 N–H and O–H groups in total. The Kier molecular flexibility index (Phi) is 1.55. The van der Waals surface area contributed by atoms with Gasteiger partial charge in [-0.2, -0.15) is 0 Å². The first kappa shape index (κ1) is 5.92. The van der Waals surface area contributed by atoms with Crippen molar-refractivity contribution in [1.29, 1.82) is 0 Å². The molecule has 1 heteroatoms. The van der Waals surface area contributed by atoms with Crippen molar-refractivity contribution < 1.29 is 2.74 Å². The zero-order chi connectivity index (χ0) is 10.8. The highest BCUT2D eigenvalue weighted by molar-refractivity contribution is 5.62. The summed E-state index contributed by atoms with van der Waals surface area (Å²) in [7, 11) is 0. The molecule has 0 radical (unpaired) electrons. The fourth-order valence-corrected chi connectivity index (χ4v) is 1.26. The summed E-state index contributed by atoms with van der Waals surface area (Å²) >= 11 is 0. The van der Waals surface area contributed by atoms with Crippen LogP contribution in [0.25, 0.3) is 11.3 Å². The molecule has 0 aliphatic carbocycles. The predicted molar refractivity (Wildman–Crippen MR) is 54.4 cm³/mol. The molecule has 0 fully saturated rings. The predicted octanol–water partition coefficient (Wildman–Crippen LogP) is 3.06. The molecule has 0 saturated heterocycles. The Morgan fingerprint density at radius 1 is 1.15 bits per heavy atom. The highest BCUT2D eigenvalue weighted by Gasteiger charge is 1.99. The van der Waals surface area contributed by atoms with Crippen molar-refractivity contribution in [3.63, 3.8) is 0 Å². The molecule has 0 aliphatic heterocycles. The molecule has 1 heterocycles. The second-order valence-corrected chi connectivity index (χ2v) is 2.88. The van der Waals surface area contributed by atoms with Crippen LogP contribution in [-0.4, -0.2) is 4.98 Å². The first-order valence-electron chi connectivity index (χ1n) is 5.17. The Morgan fingerprint density at radius 2 is 2.00 bits per heavy atom. The largest absolute Gasteiger partial charge is 0.256 e. The van der Waals surface area contributed by atoms with Crippen LogP contribution in [0.4, 0.5) is 0 Å². The van der Waals surface area contributed by atoms with E-state index in [1.807, 2.05) is 19.1 Å². The van der Waals surface area contributed by atoms with E-state index in [1.165, 1.54) is 6.20 Å². The van der Waals surface area contributed by atoms with Crippen LogP contribution < -0.4 is 0 Å². The van der Waals surface area contributed by atoms with E-state index >= 15 is 0 Å². The zero-order valence-electron chi connectivity index (χ0n) is 9.41. The number of hydrogen-bond acceptors (Lipinski definition) is 1. The first-order valence-corrected chi connectivity index (χ1v) is 4.17. The maximum Gasteiger partial charge on any atom is 0.0704 e. The van der Waals surface area contributed by atoms with Crippen molar-refractivity contribution in [2.45, 2.75) is 6.92 Å². The van der Waals surface area contributed by atoms with Crippen molar-refractivity contribution in [2.75, 3.05) is 0 Å². The van der Waals surface area contributed by atoms with Gasteiger partial charge in [0.05, 0.1) is 8.44 Å². The van der Waals surface area contributed by atoms with Gasteiger partial charge in [-0.05, 0) is 24.6 Å². The van der Waals surface area contributed by atoms with Gasteiger partial charge in [-0.25, -0.2) is 0 Å². The molecule has 1 nitrogen and oxygen atoms in total. The van der Waals surface area contributed by atoms with E-state index in [2.05, 4.69) is 4.98 Å². The summed E-state index contributed by atoms with van der Waals surface area (Å²) in [6.07, 6.45) is 1.52. The van der Waals surface area contributed by atoms with Gasteiger partial charge in [0.1, 0.15) is 0 Å². The van der Waals surface area contributed by atoms with Gasteiger partial charge in [-0.15, -0.1) is 0 Å². The lowest BCUT2D eigenvalue weighted by atomic mass is 10.1. The lowest BCUT2D eigenvalue weighted by molar-refractivity contribution is 1.31. The van der Waals surface area contributed by atoms with Crippen molar-refractivity contribution in [2.24, 2.45) is 0 Å². The Bertz CT molecular complexity index is 477. The summed E-state index contributed by atoms with van der Waals surface area (Å²) in [4.78, 5) is 4.18. The topological polar surface area (TPSA) is 12.9 Å². The van der Waals surface area contributed by atoms with Crippen LogP contribution in [0, 0.1) is 6.92 Å². The third-order valence-electron chi connectivity index (χ3n) is 1.97. The lowest BCUT2D eigenvalue weighted by Gasteiger charge is -2.03. The number of aromatic nitrogens is 1. The lowest BCUT2D eigenvalue weighted by Crippen LogP contribution is -1.84. The molecule has 0 aliphatic rings. The quantitative estimate of drug-likeness (QED) is 0.642. The molecule has 1 aromatic heterocycles.